The zero-order valence-electron chi connectivity index (χ0n) is 14.0. The molecule has 0 aliphatic heterocycles. The van der Waals surface area contributed by atoms with E-state index in [4.69, 9.17) is 20.6 Å². The summed E-state index contributed by atoms with van der Waals surface area (Å²) in [5.74, 6) is 2.74. The molecule has 0 aliphatic rings. The lowest BCUT2D eigenvalue weighted by molar-refractivity contribution is 0.295. The van der Waals surface area contributed by atoms with Gasteiger partial charge in [-0.25, -0.2) is 9.97 Å². The van der Waals surface area contributed by atoms with Crippen LogP contribution in [0, 0.1) is 5.41 Å². The molecule has 0 radical (unpaired) electrons. The third-order valence-corrected chi connectivity index (χ3v) is 3.50. The zero-order chi connectivity index (χ0) is 18.2. The second-order valence-corrected chi connectivity index (χ2v) is 5.34. The summed E-state index contributed by atoms with van der Waals surface area (Å²) in [6, 6.07) is 16.4. The van der Waals surface area contributed by atoms with E-state index in [0.29, 0.717) is 35.4 Å². The Morgan fingerprint density at radius 3 is 2.12 bits per heavy atom. The van der Waals surface area contributed by atoms with Crippen LogP contribution in [0.3, 0.4) is 0 Å². The molecule has 0 saturated heterocycles. The summed E-state index contributed by atoms with van der Waals surface area (Å²) in [5.41, 5.74) is 7.22. The summed E-state index contributed by atoms with van der Waals surface area (Å²) in [7, 11) is 0. The second-order valence-electron chi connectivity index (χ2n) is 5.34. The largest absolute Gasteiger partial charge is 0.486 e. The minimum absolute atomic E-state index is 0.313. The van der Waals surface area contributed by atoms with Crippen molar-refractivity contribution >= 4 is 11.9 Å². The van der Waals surface area contributed by atoms with Crippen LogP contribution in [0.25, 0.3) is 5.70 Å². The molecule has 1 aromatic heterocycles. The predicted molar refractivity (Wildman–Crippen MR) is 100 cm³/mol. The van der Waals surface area contributed by atoms with Crippen molar-refractivity contribution in [1.29, 1.82) is 5.41 Å². The highest BCUT2D eigenvalue weighted by atomic mass is 16.5. The van der Waals surface area contributed by atoms with Crippen molar-refractivity contribution < 1.29 is 9.47 Å². The van der Waals surface area contributed by atoms with Crippen LogP contribution in [0.15, 0.2) is 73.1 Å². The van der Waals surface area contributed by atoms with Crippen molar-refractivity contribution in [3.63, 3.8) is 0 Å². The van der Waals surface area contributed by atoms with Gasteiger partial charge in [-0.05, 0) is 66.2 Å². The lowest BCUT2D eigenvalue weighted by Crippen LogP contribution is -2.00. The predicted octanol–water partition coefficient (Wildman–Crippen LogP) is 3.80. The standard InChI is InChI=1S/C20H18N4O2/c21-11-10-19(22)15-2-4-17(5-3-15)26-18-8-6-16(7-9-18)25-14-20-23-12-1-13-24-20/h1-13,21H,14,22H2/b19-10-,21-11?. The molecule has 6 nitrogen and oxygen atoms in total. The topological polar surface area (TPSA) is 94.1 Å². The minimum Gasteiger partial charge on any atom is -0.486 e. The van der Waals surface area contributed by atoms with E-state index in [0.717, 1.165) is 11.8 Å². The van der Waals surface area contributed by atoms with Gasteiger partial charge in [-0.1, -0.05) is 0 Å². The van der Waals surface area contributed by atoms with Crippen LogP contribution in [0.2, 0.25) is 0 Å². The third kappa shape index (κ3) is 4.67. The molecule has 130 valence electrons. The van der Waals surface area contributed by atoms with Gasteiger partial charge in [-0.15, -0.1) is 0 Å². The van der Waals surface area contributed by atoms with E-state index in [1.807, 2.05) is 48.5 Å². The lowest BCUT2D eigenvalue weighted by Gasteiger charge is -2.09. The van der Waals surface area contributed by atoms with E-state index in [2.05, 4.69) is 9.97 Å². The molecular formula is C20H18N4O2. The zero-order valence-corrected chi connectivity index (χ0v) is 14.0. The highest BCUT2D eigenvalue weighted by Crippen LogP contribution is 2.25. The summed E-state index contributed by atoms with van der Waals surface area (Å²) in [6.45, 7) is 0.313. The van der Waals surface area contributed by atoms with Gasteiger partial charge in [0.05, 0.1) is 0 Å². The fraction of sp³-hybridized carbons (Fsp3) is 0.0500. The molecule has 0 unspecified atom stereocenters. The molecule has 0 spiro atoms. The molecule has 0 aliphatic carbocycles. The van der Waals surface area contributed by atoms with Gasteiger partial charge in [0.15, 0.2) is 5.82 Å². The van der Waals surface area contributed by atoms with Crippen LogP contribution in [0.4, 0.5) is 0 Å². The molecular weight excluding hydrogens is 328 g/mol. The molecule has 3 aromatic rings. The maximum atomic E-state index is 7.05. The average molecular weight is 346 g/mol. The van der Waals surface area contributed by atoms with Crippen LogP contribution in [-0.2, 0) is 6.61 Å². The van der Waals surface area contributed by atoms with Crippen molar-refractivity contribution in [2.75, 3.05) is 0 Å². The molecule has 0 saturated carbocycles. The van der Waals surface area contributed by atoms with Crippen molar-refractivity contribution in [1.82, 2.24) is 9.97 Å². The Balaban J connectivity index is 1.58. The first-order chi connectivity index (χ1) is 12.7. The Morgan fingerprint density at radius 2 is 1.50 bits per heavy atom. The average Bonchev–Trinajstić information content (AvgIpc) is 2.69. The third-order valence-electron chi connectivity index (χ3n) is 3.50. The first kappa shape index (κ1) is 17.2. The fourth-order valence-corrected chi connectivity index (χ4v) is 2.19. The molecule has 3 N–H and O–H groups in total. The van der Waals surface area contributed by atoms with Crippen molar-refractivity contribution in [3.8, 4) is 17.2 Å². The number of nitrogens with zero attached hydrogens (tertiary/aromatic N) is 2. The number of aromatic nitrogens is 2. The number of nitrogens with one attached hydrogen (secondary N) is 1. The number of hydrogen-bond acceptors (Lipinski definition) is 6. The maximum absolute atomic E-state index is 7.05. The maximum Gasteiger partial charge on any atom is 0.166 e. The Morgan fingerprint density at radius 1 is 0.923 bits per heavy atom. The Kier molecular flexibility index (Phi) is 5.57. The molecule has 6 heteroatoms. The molecule has 3 rings (SSSR count). The number of hydrogen-bond donors (Lipinski definition) is 2. The van der Waals surface area contributed by atoms with Crippen molar-refractivity contribution in [2.24, 2.45) is 5.73 Å². The fourth-order valence-electron chi connectivity index (χ4n) is 2.19. The lowest BCUT2D eigenvalue weighted by atomic mass is 10.1. The van der Waals surface area contributed by atoms with E-state index in [9.17, 15) is 0 Å². The van der Waals surface area contributed by atoms with Gasteiger partial charge in [-0.3, -0.25) is 0 Å². The van der Waals surface area contributed by atoms with Crippen molar-refractivity contribution in [3.05, 3.63) is 84.5 Å². The Hall–Kier alpha value is -3.67. The van der Waals surface area contributed by atoms with Crippen molar-refractivity contribution in [2.45, 2.75) is 6.61 Å². The molecule has 0 fully saturated rings. The number of ether oxygens (including phenoxy) is 2. The summed E-state index contributed by atoms with van der Waals surface area (Å²) >= 11 is 0. The normalized spacial score (nSPS) is 11.0. The monoisotopic (exact) mass is 346 g/mol. The van der Waals surface area contributed by atoms with E-state index in [1.165, 1.54) is 6.08 Å². The van der Waals surface area contributed by atoms with Crippen LogP contribution >= 0.6 is 0 Å². The van der Waals surface area contributed by atoms with Crippen LogP contribution in [-0.4, -0.2) is 16.2 Å². The SMILES string of the molecule is N=C/C=C(\N)c1ccc(Oc2ccc(OCc3ncccn3)cc2)cc1. The minimum atomic E-state index is 0.313. The highest BCUT2D eigenvalue weighted by molar-refractivity contribution is 5.81. The summed E-state index contributed by atoms with van der Waals surface area (Å²) < 4.78 is 11.4. The van der Waals surface area contributed by atoms with Gasteiger partial charge in [0.2, 0.25) is 0 Å². The van der Waals surface area contributed by atoms with Gasteiger partial charge in [0.25, 0.3) is 0 Å². The number of allylic oxidation sites excluding steroid dienone is 1. The quantitative estimate of drug-likeness (QED) is 0.635. The number of nitrogens with two attached hydrogens (primary N) is 1. The molecule has 1 heterocycles. The van der Waals surface area contributed by atoms with Gasteiger partial charge < -0.3 is 20.6 Å². The molecule has 0 atom stereocenters. The summed E-state index contributed by atoms with van der Waals surface area (Å²) in [4.78, 5) is 8.22. The first-order valence-corrected chi connectivity index (χ1v) is 7.98. The van der Waals surface area contributed by atoms with Gasteiger partial charge in [0, 0.05) is 24.3 Å². The van der Waals surface area contributed by atoms with E-state index in [-0.39, 0.29) is 0 Å². The van der Waals surface area contributed by atoms with E-state index in [1.54, 1.807) is 18.5 Å². The highest BCUT2D eigenvalue weighted by Gasteiger charge is 2.02. The van der Waals surface area contributed by atoms with E-state index < -0.39 is 0 Å². The van der Waals surface area contributed by atoms with Crippen LogP contribution in [0.1, 0.15) is 11.4 Å². The molecule has 0 bridgehead atoms. The Labute approximate surface area is 151 Å². The van der Waals surface area contributed by atoms with Crippen LogP contribution < -0.4 is 15.2 Å². The summed E-state index contributed by atoms with van der Waals surface area (Å²) in [5, 5.41) is 7.05. The van der Waals surface area contributed by atoms with Gasteiger partial charge in [0.1, 0.15) is 23.9 Å². The molecule has 2 aromatic carbocycles. The van der Waals surface area contributed by atoms with Gasteiger partial charge in [-0.2, -0.15) is 0 Å². The first-order valence-electron chi connectivity index (χ1n) is 7.98. The van der Waals surface area contributed by atoms with Gasteiger partial charge >= 0.3 is 0 Å². The molecule has 0 amide bonds. The van der Waals surface area contributed by atoms with Crippen LogP contribution in [0.5, 0.6) is 17.2 Å². The smallest absolute Gasteiger partial charge is 0.166 e. The summed E-state index contributed by atoms with van der Waals surface area (Å²) in [6.07, 6.45) is 6.06. The number of benzene rings is 2. The second kappa shape index (κ2) is 8.43. The van der Waals surface area contributed by atoms with E-state index >= 15 is 0 Å². The molecule has 26 heavy (non-hydrogen) atoms. The Bertz CT molecular complexity index is 876. The number of rotatable bonds is 7.